The molecular formula is C13H22N2O5. The number of carbonyl (C=O) groups excluding carboxylic acids is 1. The molecule has 2 aliphatic rings. The van der Waals surface area contributed by atoms with Crippen molar-refractivity contribution in [2.45, 2.75) is 31.3 Å². The summed E-state index contributed by atoms with van der Waals surface area (Å²) in [5.41, 5.74) is 5.26. The van der Waals surface area contributed by atoms with Gasteiger partial charge in [0.15, 0.2) is 0 Å². The highest BCUT2D eigenvalue weighted by Crippen LogP contribution is 2.26. The Hall–Kier alpha value is -1.18. The van der Waals surface area contributed by atoms with Gasteiger partial charge in [0.2, 0.25) is 5.91 Å². The molecule has 7 heteroatoms. The van der Waals surface area contributed by atoms with Crippen LogP contribution in [0.1, 0.15) is 19.8 Å². The normalized spacial score (nSPS) is 29.1. The second-order valence-corrected chi connectivity index (χ2v) is 5.41. The molecule has 3 N–H and O–H groups in total. The van der Waals surface area contributed by atoms with E-state index < -0.39 is 23.5 Å². The van der Waals surface area contributed by atoms with Crippen molar-refractivity contribution in [2.24, 2.45) is 11.7 Å². The summed E-state index contributed by atoms with van der Waals surface area (Å²) in [7, 11) is 0. The molecule has 0 aromatic carbocycles. The van der Waals surface area contributed by atoms with Crippen molar-refractivity contribution in [3.05, 3.63) is 0 Å². The van der Waals surface area contributed by atoms with Crippen LogP contribution in [0.15, 0.2) is 0 Å². The lowest BCUT2D eigenvalue weighted by molar-refractivity contribution is -0.148. The molecule has 0 bridgehead atoms. The number of amides is 1. The summed E-state index contributed by atoms with van der Waals surface area (Å²) in [6, 6.07) is -0.437. The van der Waals surface area contributed by atoms with E-state index in [4.69, 9.17) is 15.2 Å². The maximum Gasteiger partial charge on any atom is 0.311 e. The average molecular weight is 286 g/mol. The lowest BCUT2D eigenvalue weighted by Gasteiger charge is -2.39. The molecule has 2 rings (SSSR count). The Kier molecular flexibility index (Phi) is 4.62. The van der Waals surface area contributed by atoms with E-state index >= 15 is 0 Å². The molecule has 2 fully saturated rings. The van der Waals surface area contributed by atoms with Crippen LogP contribution in [0, 0.1) is 5.92 Å². The zero-order chi connectivity index (χ0) is 14.8. The van der Waals surface area contributed by atoms with Crippen molar-refractivity contribution in [1.29, 1.82) is 0 Å². The highest BCUT2D eigenvalue weighted by Gasteiger charge is 2.45. The molecule has 0 aromatic heterocycles. The van der Waals surface area contributed by atoms with Crippen molar-refractivity contribution in [2.75, 3.05) is 33.0 Å². The third-order valence-electron chi connectivity index (χ3n) is 4.18. The van der Waals surface area contributed by atoms with Crippen LogP contribution in [0.25, 0.3) is 0 Å². The third-order valence-corrected chi connectivity index (χ3v) is 4.18. The van der Waals surface area contributed by atoms with E-state index in [9.17, 15) is 14.7 Å². The summed E-state index contributed by atoms with van der Waals surface area (Å²) in [5.74, 6) is -1.80. The fourth-order valence-corrected chi connectivity index (χ4v) is 2.85. The molecule has 0 saturated carbocycles. The lowest BCUT2D eigenvalue weighted by Crippen LogP contribution is -2.61. The molecule has 1 amide bonds. The molecule has 114 valence electrons. The molecule has 0 aromatic rings. The molecule has 2 atom stereocenters. The summed E-state index contributed by atoms with van der Waals surface area (Å²) in [4.78, 5) is 25.5. The van der Waals surface area contributed by atoms with E-state index in [2.05, 4.69) is 0 Å². The Morgan fingerprint density at radius 1 is 1.30 bits per heavy atom. The summed E-state index contributed by atoms with van der Waals surface area (Å²) < 4.78 is 10.5. The van der Waals surface area contributed by atoms with E-state index in [1.165, 1.54) is 0 Å². The molecule has 2 unspecified atom stereocenters. The van der Waals surface area contributed by atoms with Crippen molar-refractivity contribution < 1.29 is 24.2 Å². The highest BCUT2D eigenvalue weighted by molar-refractivity contribution is 5.87. The quantitative estimate of drug-likeness (QED) is 0.718. The number of hydrogen-bond donors (Lipinski definition) is 2. The smallest absolute Gasteiger partial charge is 0.311 e. The van der Waals surface area contributed by atoms with Gasteiger partial charge in [0.25, 0.3) is 0 Å². The third kappa shape index (κ3) is 2.79. The molecule has 20 heavy (non-hydrogen) atoms. The van der Waals surface area contributed by atoms with E-state index in [0.29, 0.717) is 32.6 Å². The average Bonchev–Trinajstić information content (AvgIpc) is 2.90. The second kappa shape index (κ2) is 6.07. The Bertz CT molecular complexity index is 381. The van der Waals surface area contributed by atoms with Crippen LogP contribution in [0.4, 0.5) is 0 Å². The predicted molar refractivity (Wildman–Crippen MR) is 70.1 cm³/mol. The van der Waals surface area contributed by atoms with Crippen molar-refractivity contribution in [3.8, 4) is 0 Å². The molecule has 2 aliphatic heterocycles. The van der Waals surface area contributed by atoms with Crippen LogP contribution >= 0.6 is 0 Å². The Balaban J connectivity index is 2.14. The first kappa shape index (κ1) is 15.2. The minimum Gasteiger partial charge on any atom is -0.481 e. The second-order valence-electron chi connectivity index (χ2n) is 5.41. The van der Waals surface area contributed by atoms with E-state index in [1.807, 2.05) is 6.92 Å². The summed E-state index contributed by atoms with van der Waals surface area (Å²) in [6.07, 6.45) is 0.932. The van der Waals surface area contributed by atoms with Crippen LogP contribution < -0.4 is 5.73 Å². The van der Waals surface area contributed by atoms with Gasteiger partial charge >= 0.3 is 5.97 Å². The number of rotatable bonds is 4. The lowest BCUT2D eigenvalue weighted by atomic mass is 9.88. The number of carboxylic acid groups (broad SMARTS) is 1. The standard InChI is InChI=1S/C13H22N2O5/c1-2-15(10-8-20-7-9(10)11(16)17)12(18)13(14)3-5-19-6-4-13/h9-10H,2-8,14H2,1H3,(H,16,17). The Labute approximate surface area is 118 Å². The van der Waals surface area contributed by atoms with Gasteiger partial charge in [-0.1, -0.05) is 0 Å². The fourth-order valence-electron chi connectivity index (χ4n) is 2.85. The fraction of sp³-hybridized carbons (Fsp3) is 0.846. The molecule has 2 saturated heterocycles. The number of carboxylic acids is 1. The first-order valence-corrected chi connectivity index (χ1v) is 6.98. The summed E-state index contributed by atoms with van der Waals surface area (Å²) >= 11 is 0. The molecular weight excluding hydrogens is 264 g/mol. The van der Waals surface area contributed by atoms with Crippen LogP contribution in [-0.2, 0) is 19.1 Å². The predicted octanol–water partition coefficient (Wildman–Crippen LogP) is -0.558. The SMILES string of the molecule is CCN(C(=O)C1(N)CCOCC1)C1COCC1C(=O)O. The number of nitrogens with two attached hydrogens (primary N) is 1. The maximum absolute atomic E-state index is 12.7. The van der Waals surface area contributed by atoms with E-state index in [-0.39, 0.29) is 19.1 Å². The largest absolute Gasteiger partial charge is 0.481 e. The van der Waals surface area contributed by atoms with E-state index in [1.54, 1.807) is 4.90 Å². The molecule has 7 nitrogen and oxygen atoms in total. The molecule has 0 spiro atoms. The summed E-state index contributed by atoms with van der Waals surface area (Å²) in [6.45, 7) is 3.58. The van der Waals surface area contributed by atoms with Gasteiger partial charge < -0.3 is 25.2 Å². The number of likely N-dealkylation sites (N-methyl/N-ethyl adjacent to an activating group) is 1. The van der Waals surface area contributed by atoms with Crippen molar-refractivity contribution in [1.82, 2.24) is 4.90 Å². The monoisotopic (exact) mass is 286 g/mol. The van der Waals surface area contributed by atoms with Gasteiger partial charge in [-0.2, -0.15) is 0 Å². The minimum atomic E-state index is -0.945. The topological polar surface area (TPSA) is 102 Å². The molecule has 0 radical (unpaired) electrons. The highest BCUT2D eigenvalue weighted by atomic mass is 16.5. The van der Waals surface area contributed by atoms with Crippen molar-refractivity contribution >= 4 is 11.9 Å². The van der Waals surface area contributed by atoms with Crippen LogP contribution in [0.5, 0.6) is 0 Å². The van der Waals surface area contributed by atoms with Crippen LogP contribution in [-0.4, -0.2) is 66.4 Å². The Morgan fingerprint density at radius 3 is 2.50 bits per heavy atom. The van der Waals surface area contributed by atoms with E-state index in [0.717, 1.165) is 0 Å². The van der Waals surface area contributed by atoms with Crippen LogP contribution in [0.2, 0.25) is 0 Å². The number of nitrogens with zero attached hydrogens (tertiary/aromatic N) is 1. The molecule has 0 aliphatic carbocycles. The minimum absolute atomic E-state index is 0.143. The zero-order valence-corrected chi connectivity index (χ0v) is 11.7. The number of carbonyl (C=O) groups is 2. The van der Waals surface area contributed by atoms with Gasteiger partial charge in [-0.3, -0.25) is 9.59 Å². The first-order valence-electron chi connectivity index (χ1n) is 6.98. The van der Waals surface area contributed by atoms with Gasteiger partial charge in [-0.05, 0) is 19.8 Å². The van der Waals surface area contributed by atoms with Gasteiger partial charge in [-0.25, -0.2) is 0 Å². The zero-order valence-electron chi connectivity index (χ0n) is 11.7. The number of ether oxygens (including phenoxy) is 2. The van der Waals surface area contributed by atoms with Gasteiger partial charge in [0.1, 0.15) is 5.92 Å². The van der Waals surface area contributed by atoms with Gasteiger partial charge in [-0.15, -0.1) is 0 Å². The maximum atomic E-state index is 12.7. The number of hydrogen-bond acceptors (Lipinski definition) is 5. The van der Waals surface area contributed by atoms with Gasteiger partial charge in [0, 0.05) is 19.8 Å². The Morgan fingerprint density at radius 2 is 1.95 bits per heavy atom. The first-order chi connectivity index (χ1) is 9.49. The van der Waals surface area contributed by atoms with Crippen LogP contribution in [0.3, 0.4) is 0 Å². The summed E-state index contributed by atoms with van der Waals surface area (Å²) in [5, 5.41) is 9.22. The number of aliphatic carboxylic acids is 1. The van der Waals surface area contributed by atoms with Gasteiger partial charge in [0.05, 0.1) is 24.8 Å². The molecule has 2 heterocycles. The van der Waals surface area contributed by atoms with Crippen molar-refractivity contribution in [3.63, 3.8) is 0 Å².